The zero-order valence-electron chi connectivity index (χ0n) is 5.76. The van der Waals surface area contributed by atoms with Gasteiger partial charge in [-0.25, -0.2) is 0 Å². The van der Waals surface area contributed by atoms with Crippen molar-refractivity contribution in [3.8, 4) is 0 Å². The highest BCUT2D eigenvalue weighted by Gasteiger charge is 1.65. The average Bonchev–Trinajstić information content (AvgIpc) is 1.66. The van der Waals surface area contributed by atoms with Gasteiger partial charge in [0.05, 0.1) is 0 Å². The topological polar surface area (TPSA) is 37.3 Å². The molecule has 0 radical (unpaired) electrons. The lowest BCUT2D eigenvalue weighted by Crippen LogP contribution is -1.78. The minimum absolute atomic E-state index is 0.833. The highest BCUT2D eigenvalue weighted by molar-refractivity contribution is 8.02. The molecule has 9 heavy (non-hydrogen) atoms. The van der Waals surface area contributed by atoms with Crippen molar-refractivity contribution in [2.45, 2.75) is 13.8 Å². The fourth-order valence-corrected chi connectivity index (χ4v) is 0.354. The van der Waals surface area contributed by atoms with E-state index < -0.39 is 5.97 Å². The van der Waals surface area contributed by atoms with Crippen molar-refractivity contribution in [1.29, 1.82) is 0 Å². The Kier molecular flexibility index (Phi) is 13.3. The Morgan fingerprint density at radius 1 is 1.89 bits per heavy atom. The van der Waals surface area contributed by atoms with Crippen molar-refractivity contribution < 1.29 is 9.90 Å². The number of carbonyl (C=O) groups is 1. The molecule has 0 aromatic carbocycles. The Bertz CT molecular complexity index is 77.1. The van der Waals surface area contributed by atoms with Crippen molar-refractivity contribution in [1.82, 2.24) is 0 Å². The van der Waals surface area contributed by atoms with Crippen LogP contribution in [-0.2, 0) is 4.79 Å². The van der Waals surface area contributed by atoms with Crippen LogP contribution in [0.15, 0.2) is 12.0 Å². The van der Waals surface area contributed by atoms with Gasteiger partial charge in [-0.15, -0.1) is 11.8 Å². The van der Waals surface area contributed by atoms with Crippen molar-refractivity contribution in [3.63, 3.8) is 0 Å². The second kappa shape index (κ2) is 10.5. The molecule has 1 N–H and O–H groups in total. The maximum atomic E-state index is 9.00. The van der Waals surface area contributed by atoms with Gasteiger partial charge in [-0.05, 0) is 11.2 Å². The van der Waals surface area contributed by atoms with Crippen molar-refractivity contribution in [2.75, 3.05) is 5.75 Å². The van der Waals surface area contributed by atoms with Gasteiger partial charge in [-0.2, -0.15) is 0 Å². The van der Waals surface area contributed by atoms with Gasteiger partial charge in [0.2, 0.25) is 0 Å². The third kappa shape index (κ3) is 96.0. The summed E-state index contributed by atoms with van der Waals surface area (Å²) in [5.74, 6) is 0.309. The van der Waals surface area contributed by atoms with E-state index in [-0.39, 0.29) is 0 Å². The first-order chi connectivity index (χ1) is 4.15. The van der Waals surface area contributed by atoms with Crippen molar-refractivity contribution in [2.24, 2.45) is 0 Å². The summed E-state index contributed by atoms with van der Waals surface area (Å²) in [4.78, 5) is 9.00. The lowest BCUT2D eigenvalue weighted by atomic mass is 10.9. The molecule has 0 atom stereocenters. The van der Waals surface area contributed by atoms with Crippen LogP contribution >= 0.6 is 11.8 Å². The molecule has 0 bridgehead atoms. The molecule has 3 heteroatoms. The maximum Gasteiger partial charge on any atom is 0.300 e. The van der Waals surface area contributed by atoms with Crippen LogP contribution in [-0.4, -0.2) is 16.8 Å². The summed E-state index contributed by atoms with van der Waals surface area (Å²) >= 11 is 1.73. The van der Waals surface area contributed by atoms with Crippen LogP contribution in [0.3, 0.4) is 0 Å². The molecule has 0 aromatic heterocycles. The highest BCUT2D eigenvalue weighted by Crippen LogP contribution is 1.94. The Morgan fingerprint density at radius 3 is 2.22 bits per heavy atom. The lowest BCUT2D eigenvalue weighted by molar-refractivity contribution is -0.134. The Balaban J connectivity index is 0. The second-order valence-corrected chi connectivity index (χ2v) is 2.39. The molecule has 0 amide bonds. The van der Waals surface area contributed by atoms with Crippen molar-refractivity contribution in [3.05, 3.63) is 12.0 Å². The third-order valence-electron chi connectivity index (χ3n) is 0.285. The van der Waals surface area contributed by atoms with Gasteiger partial charge in [0.1, 0.15) is 0 Å². The molecule has 0 unspecified atom stereocenters. The first-order valence-corrected chi connectivity index (χ1v) is 3.62. The number of hydrogen-bond donors (Lipinski definition) is 1. The predicted octanol–water partition coefficient (Wildman–Crippen LogP) is 1.97. The minimum atomic E-state index is -0.833. The molecule has 54 valence electrons. The Morgan fingerprint density at radius 2 is 2.22 bits per heavy atom. The van der Waals surface area contributed by atoms with E-state index in [1.165, 1.54) is 0 Å². The van der Waals surface area contributed by atoms with Gasteiger partial charge < -0.3 is 5.11 Å². The van der Waals surface area contributed by atoms with Crippen LogP contribution < -0.4 is 0 Å². The quantitative estimate of drug-likeness (QED) is 0.650. The van der Waals surface area contributed by atoms with Crippen LogP contribution in [0.1, 0.15) is 13.8 Å². The summed E-state index contributed by atoms with van der Waals surface area (Å²) in [7, 11) is 0. The molecular weight excluding hydrogens is 136 g/mol. The fraction of sp³-hybridized carbons (Fsp3) is 0.500. The maximum absolute atomic E-state index is 9.00. The largest absolute Gasteiger partial charge is 0.481 e. The Labute approximate surface area is 60.0 Å². The summed E-state index contributed by atoms with van der Waals surface area (Å²) in [6, 6.07) is 0. The molecule has 0 aliphatic heterocycles. The molecule has 0 saturated carbocycles. The number of thioether (sulfide) groups is 1. The number of carboxylic acids is 1. The first kappa shape index (κ1) is 11.4. The highest BCUT2D eigenvalue weighted by atomic mass is 32.2. The molecule has 0 aliphatic rings. The summed E-state index contributed by atoms with van der Waals surface area (Å²) in [6.45, 7) is 6.70. The SMILES string of the molecule is C=CSCC.CC(=O)O. The molecule has 0 aliphatic carbocycles. The van der Waals surface area contributed by atoms with Crippen LogP contribution in [0.25, 0.3) is 0 Å². The Hall–Kier alpha value is -0.440. The predicted molar refractivity (Wildman–Crippen MR) is 41.6 cm³/mol. The molecular formula is C6H12O2S. The standard InChI is InChI=1S/C4H8S.C2H4O2/c1-3-5-4-2;1-2(3)4/h3H,1,4H2,2H3;1H3,(H,3,4). The van der Waals surface area contributed by atoms with Gasteiger partial charge in [-0.1, -0.05) is 13.5 Å². The van der Waals surface area contributed by atoms with Crippen molar-refractivity contribution >= 4 is 17.7 Å². The van der Waals surface area contributed by atoms with E-state index in [1.807, 2.05) is 5.41 Å². The van der Waals surface area contributed by atoms with Gasteiger partial charge in [0, 0.05) is 6.92 Å². The number of rotatable bonds is 2. The van der Waals surface area contributed by atoms with E-state index in [0.29, 0.717) is 0 Å². The van der Waals surface area contributed by atoms with Crippen LogP contribution in [0.4, 0.5) is 0 Å². The second-order valence-electron chi connectivity index (χ2n) is 1.14. The minimum Gasteiger partial charge on any atom is -0.481 e. The van der Waals surface area contributed by atoms with E-state index in [1.54, 1.807) is 11.8 Å². The van der Waals surface area contributed by atoms with Gasteiger partial charge in [0.15, 0.2) is 0 Å². The van der Waals surface area contributed by atoms with Gasteiger partial charge in [-0.3, -0.25) is 4.79 Å². The lowest BCUT2D eigenvalue weighted by Gasteiger charge is -1.73. The zero-order chi connectivity index (χ0) is 7.70. The van der Waals surface area contributed by atoms with Crippen LogP contribution in [0, 0.1) is 0 Å². The van der Waals surface area contributed by atoms with E-state index >= 15 is 0 Å². The smallest absolute Gasteiger partial charge is 0.300 e. The van der Waals surface area contributed by atoms with Crippen LogP contribution in [0.2, 0.25) is 0 Å². The molecule has 0 aromatic rings. The number of aliphatic carboxylic acids is 1. The fourth-order valence-electron chi connectivity index (χ4n) is 0.118. The van der Waals surface area contributed by atoms with Gasteiger partial charge >= 0.3 is 0 Å². The first-order valence-electron chi connectivity index (χ1n) is 2.57. The van der Waals surface area contributed by atoms with Gasteiger partial charge in [0.25, 0.3) is 5.97 Å². The van der Waals surface area contributed by atoms with Crippen LogP contribution in [0.5, 0.6) is 0 Å². The summed E-state index contributed by atoms with van der Waals surface area (Å²) in [5.41, 5.74) is 0. The molecule has 0 heterocycles. The summed E-state index contributed by atoms with van der Waals surface area (Å²) in [5, 5.41) is 9.26. The molecule has 0 saturated heterocycles. The molecule has 0 fully saturated rings. The van der Waals surface area contributed by atoms with E-state index in [0.717, 1.165) is 12.7 Å². The van der Waals surface area contributed by atoms with E-state index in [9.17, 15) is 0 Å². The number of carboxylic acid groups (broad SMARTS) is 1. The summed E-state index contributed by atoms with van der Waals surface area (Å²) < 4.78 is 0. The molecule has 0 rings (SSSR count). The monoisotopic (exact) mass is 148 g/mol. The molecule has 2 nitrogen and oxygen atoms in total. The molecule has 0 spiro atoms. The van der Waals surface area contributed by atoms with E-state index in [4.69, 9.17) is 9.90 Å². The average molecular weight is 148 g/mol. The van der Waals surface area contributed by atoms with E-state index in [2.05, 4.69) is 13.5 Å². The zero-order valence-corrected chi connectivity index (χ0v) is 6.57. The number of hydrogen-bond acceptors (Lipinski definition) is 2. The summed E-state index contributed by atoms with van der Waals surface area (Å²) in [6.07, 6.45) is 0. The third-order valence-corrected chi connectivity index (χ3v) is 0.854. The normalized spacial score (nSPS) is 6.89.